The quantitative estimate of drug-likeness (QED) is 0.694. The summed E-state index contributed by atoms with van der Waals surface area (Å²) < 4.78 is 40.7. The minimum Gasteiger partial charge on any atom is -0.356 e. The number of hydrogen-bond acceptors (Lipinski definition) is 4. The topological polar surface area (TPSA) is 108 Å². The Morgan fingerprint density at radius 1 is 1.41 bits per heavy atom. The largest absolute Gasteiger partial charge is 0.356 e. The summed E-state index contributed by atoms with van der Waals surface area (Å²) in [6.07, 6.45) is 2.02. The van der Waals surface area contributed by atoms with Gasteiger partial charge in [0, 0.05) is 19.3 Å². The SMILES string of the molecule is CC1(CN)CCN(C(=O)c2cc(S(=O)(=O)Nc3ccccc3F)c[nH]2)C1.Cl. The van der Waals surface area contributed by atoms with Crippen molar-refractivity contribution in [1.82, 2.24) is 9.88 Å². The van der Waals surface area contributed by atoms with Crippen LogP contribution >= 0.6 is 12.4 Å². The molecule has 1 aliphatic rings. The Morgan fingerprint density at radius 2 is 2.11 bits per heavy atom. The van der Waals surface area contributed by atoms with Crippen LogP contribution in [0.25, 0.3) is 0 Å². The highest BCUT2D eigenvalue weighted by Gasteiger charge is 2.35. The van der Waals surface area contributed by atoms with Crippen LogP contribution in [0.4, 0.5) is 10.1 Å². The molecule has 0 spiro atoms. The number of sulfonamides is 1. The van der Waals surface area contributed by atoms with Gasteiger partial charge in [0.1, 0.15) is 16.4 Å². The van der Waals surface area contributed by atoms with Gasteiger partial charge in [-0.2, -0.15) is 0 Å². The molecule has 3 rings (SSSR count). The summed E-state index contributed by atoms with van der Waals surface area (Å²) in [4.78, 5) is 16.8. The van der Waals surface area contributed by atoms with Crippen molar-refractivity contribution in [3.8, 4) is 0 Å². The number of hydrogen-bond donors (Lipinski definition) is 3. The Kier molecular flexibility index (Phi) is 6.18. The zero-order valence-corrected chi connectivity index (χ0v) is 16.4. The van der Waals surface area contributed by atoms with Gasteiger partial charge in [-0.05, 0) is 36.6 Å². The predicted octanol–water partition coefficient (Wildman–Crippen LogP) is 2.19. The van der Waals surface area contributed by atoms with Crippen molar-refractivity contribution in [3.63, 3.8) is 0 Å². The van der Waals surface area contributed by atoms with E-state index in [0.717, 1.165) is 12.5 Å². The molecule has 0 bridgehead atoms. The van der Waals surface area contributed by atoms with Crippen LogP contribution in [0.15, 0.2) is 41.4 Å². The lowest BCUT2D eigenvalue weighted by molar-refractivity contribution is 0.0771. The monoisotopic (exact) mass is 416 g/mol. The lowest BCUT2D eigenvalue weighted by Crippen LogP contribution is -2.34. The molecule has 1 unspecified atom stereocenters. The molecule has 1 atom stereocenters. The number of nitrogens with two attached hydrogens (primary N) is 1. The Labute approximate surface area is 163 Å². The summed E-state index contributed by atoms with van der Waals surface area (Å²) in [6.45, 7) is 3.59. The van der Waals surface area contributed by atoms with Crippen molar-refractivity contribution in [2.75, 3.05) is 24.4 Å². The van der Waals surface area contributed by atoms with E-state index >= 15 is 0 Å². The first kappa shape index (κ1) is 21.2. The molecule has 1 amide bonds. The molecule has 1 saturated heterocycles. The maximum Gasteiger partial charge on any atom is 0.270 e. The highest BCUT2D eigenvalue weighted by Crippen LogP contribution is 2.29. The number of H-pyrrole nitrogens is 1. The summed E-state index contributed by atoms with van der Waals surface area (Å²) in [7, 11) is -4.01. The van der Waals surface area contributed by atoms with Gasteiger partial charge in [-0.1, -0.05) is 19.1 Å². The molecule has 4 N–H and O–H groups in total. The van der Waals surface area contributed by atoms with E-state index in [1.165, 1.54) is 30.5 Å². The molecule has 10 heteroatoms. The molecule has 1 aliphatic heterocycles. The van der Waals surface area contributed by atoms with E-state index < -0.39 is 15.8 Å². The summed E-state index contributed by atoms with van der Waals surface area (Å²) >= 11 is 0. The molecule has 2 aromatic rings. The van der Waals surface area contributed by atoms with Crippen molar-refractivity contribution in [3.05, 3.63) is 48.0 Å². The molecular formula is C17H22ClFN4O3S. The highest BCUT2D eigenvalue weighted by molar-refractivity contribution is 7.92. The van der Waals surface area contributed by atoms with Gasteiger partial charge in [-0.15, -0.1) is 12.4 Å². The smallest absolute Gasteiger partial charge is 0.270 e. The van der Waals surface area contributed by atoms with E-state index in [4.69, 9.17) is 5.73 Å². The van der Waals surface area contributed by atoms with Gasteiger partial charge < -0.3 is 15.6 Å². The van der Waals surface area contributed by atoms with E-state index in [-0.39, 0.29) is 40.0 Å². The number of carbonyl (C=O) groups is 1. The average molecular weight is 417 g/mol. The molecule has 148 valence electrons. The first-order chi connectivity index (χ1) is 12.2. The van der Waals surface area contributed by atoms with E-state index in [1.807, 2.05) is 6.92 Å². The second kappa shape index (κ2) is 7.87. The lowest BCUT2D eigenvalue weighted by Gasteiger charge is -2.22. The number of amides is 1. The Hall–Kier alpha value is -2.10. The van der Waals surface area contributed by atoms with E-state index in [0.29, 0.717) is 19.6 Å². The number of para-hydroxylation sites is 1. The highest BCUT2D eigenvalue weighted by atomic mass is 35.5. The molecule has 0 aliphatic carbocycles. The molecule has 2 heterocycles. The molecular weight excluding hydrogens is 395 g/mol. The molecule has 1 aromatic heterocycles. The Morgan fingerprint density at radius 3 is 2.74 bits per heavy atom. The lowest BCUT2D eigenvalue weighted by atomic mass is 9.90. The number of carbonyl (C=O) groups excluding carboxylic acids is 1. The zero-order chi connectivity index (χ0) is 18.9. The number of aromatic amines is 1. The number of likely N-dealkylation sites (tertiary alicyclic amines) is 1. The van der Waals surface area contributed by atoms with Crippen molar-refractivity contribution < 1.29 is 17.6 Å². The van der Waals surface area contributed by atoms with Crippen LogP contribution < -0.4 is 10.5 Å². The van der Waals surface area contributed by atoms with Gasteiger partial charge in [0.05, 0.1) is 5.69 Å². The molecule has 7 nitrogen and oxygen atoms in total. The summed E-state index contributed by atoms with van der Waals surface area (Å²) in [5.74, 6) is -0.962. The van der Waals surface area contributed by atoms with Gasteiger partial charge in [0.15, 0.2) is 0 Å². The van der Waals surface area contributed by atoms with Crippen LogP contribution in [0.5, 0.6) is 0 Å². The third kappa shape index (κ3) is 4.42. The fourth-order valence-corrected chi connectivity index (χ4v) is 3.99. The standard InChI is InChI=1S/C17H21FN4O3S.ClH/c1-17(10-19)6-7-22(11-17)16(23)15-8-12(9-20-15)26(24,25)21-14-5-3-2-4-13(14)18;/h2-5,8-9,20-21H,6-7,10-11,19H2,1H3;1H. The predicted molar refractivity (Wildman–Crippen MR) is 103 cm³/mol. The van der Waals surface area contributed by atoms with Crippen LogP contribution in [0.2, 0.25) is 0 Å². The summed E-state index contributed by atoms with van der Waals surface area (Å²) in [6, 6.07) is 6.72. The van der Waals surface area contributed by atoms with Gasteiger partial charge >= 0.3 is 0 Å². The molecule has 0 radical (unpaired) electrons. The van der Waals surface area contributed by atoms with Crippen molar-refractivity contribution in [2.45, 2.75) is 18.2 Å². The molecule has 27 heavy (non-hydrogen) atoms. The summed E-state index contributed by atoms with van der Waals surface area (Å²) in [5, 5.41) is 0. The van der Waals surface area contributed by atoms with Gasteiger partial charge in [-0.3, -0.25) is 9.52 Å². The Bertz CT molecular complexity index is 934. The second-order valence-electron chi connectivity index (χ2n) is 6.83. The number of rotatable bonds is 5. The maximum atomic E-state index is 13.7. The van der Waals surface area contributed by atoms with Crippen molar-refractivity contribution >= 4 is 34.0 Å². The zero-order valence-electron chi connectivity index (χ0n) is 14.7. The number of anilines is 1. The number of benzene rings is 1. The van der Waals surface area contributed by atoms with E-state index in [2.05, 4.69) is 9.71 Å². The number of halogens is 2. The van der Waals surface area contributed by atoms with Crippen LogP contribution in [0.1, 0.15) is 23.8 Å². The van der Waals surface area contributed by atoms with Gasteiger partial charge in [-0.25, -0.2) is 12.8 Å². The van der Waals surface area contributed by atoms with Crippen molar-refractivity contribution in [1.29, 1.82) is 0 Å². The molecule has 1 fully saturated rings. The van der Waals surface area contributed by atoms with Crippen molar-refractivity contribution in [2.24, 2.45) is 11.1 Å². The first-order valence-electron chi connectivity index (χ1n) is 8.19. The minimum absolute atomic E-state index is 0. The fourth-order valence-electron chi connectivity index (χ4n) is 2.93. The third-order valence-corrected chi connectivity index (χ3v) is 6.00. The summed E-state index contributed by atoms with van der Waals surface area (Å²) in [5.41, 5.74) is 5.64. The normalized spacial score (nSPS) is 19.6. The first-order valence-corrected chi connectivity index (χ1v) is 9.67. The molecule has 1 aromatic carbocycles. The van der Waals surface area contributed by atoms with Crippen LogP contribution in [0, 0.1) is 11.2 Å². The molecule has 0 saturated carbocycles. The van der Waals surface area contributed by atoms with E-state index in [1.54, 1.807) is 4.90 Å². The third-order valence-electron chi connectivity index (χ3n) is 4.65. The number of nitrogens with one attached hydrogen (secondary N) is 2. The van der Waals surface area contributed by atoms with Crippen LogP contribution in [-0.2, 0) is 10.0 Å². The van der Waals surface area contributed by atoms with Gasteiger partial charge in [0.2, 0.25) is 0 Å². The van der Waals surface area contributed by atoms with E-state index in [9.17, 15) is 17.6 Å². The maximum absolute atomic E-state index is 13.7. The second-order valence-corrected chi connectivity index (χ2v) is 8.51. The number of nitrogens with zero attached hydrogens (tertiary/aromatic N) is 1. The fraction of sp³-hybridized carbons (Fsp3) is 0.353. The van der Waals surface area contributed by atoms with Crippen LogP contribution in [-0.4, -0.2) is 43.8 Å². The number of aromatic nitrogens is 1. The average Bonchev–Trinajstić information content (AvgIpc) is 3.24. The van der Waals surface area contributed by atoms with Gasteiger partial charge in [0.25, 0.3) is 15.9 Å². The minimum atomic E-state index is -4.01. The van der Waals surface area contributed by atoms with Crippen LogP contribution in [0.3, 0.4) is 0 Å². The Balaban J connectivity index is 0.00000261.